The van der Waals surface area contributed by atoms with Gasteiger partial charge < -0.3 is 5.32 Å². The van der Waals surface area contributed by atoms with Gasteiger partial charge in [0.15, 0.2) is 0 Å². The lowest BCUT2D eigenvalue weighted by Crippen LogP contribution is -2.07. The van der Waals surface area contributed by atoms with Gasteiger partial charge in [0.2, 0.25) is 5.91 Å². The number of thiophene rings is 1. The van der Waals surface area contributed by atoms with E-state index in [-0.39, 0.29) is 5.91 Å². The normalized spacial score (nSPS) is 13.1. The molecule has 110 valence electrons. The molecule has 3 nitrogen and oxygen atoms in total. The van der Waals surface area contributed by atoms with Gasteiger partial charge in [-0.1, -0.05) is 23.7 Å². The number of anilines is 1. The molecule has 1 aromatic carbocycles. The van der Waals surface area contributed by atoms with Crippen LogP contribution in [0.3, 0.4) is 0 Å². The smallest absolute Gasteiger partial charge is 0.249 e. The average Bonchev–Trinajstić information content (AvgIpc) is 3.07. The highest BCUT2D eigenvalue weighted by molar-refractivity contribution is 7.16. The van der Waals surface area contributed by atoms with Crippen molar-refractivity contribution in [3.05, 3.63) is 56.9 Å². The summed E-state index contributed by atoms with van der Waals surface area (Å²) in [5.74, 6) is -0.230. The average molecular weight is 329 g/mol. The molecule has 0 aliphatic heterocycles. The Morgan fingerprint density at radius 1 is 1.32 bits per heavy atom. The number of carbonyl (C=O) groups excluding carboxylic acids is 1. The zero-order valence-electron chi connectivity index (χ0n) is 11.7. The van der Waals surface area contributed by atoms with E-state index < -0.39 is 0 Å². The molecule has 0 bridgehead atoms. The lowest BCUT2D eigenvalue weighted by Gasteiger charge is -2.00. The van der Waals surface area contributed by atoms with Crippen LogP contribution in [0.4, 0.5) is 5.00 Å². The van der Waals surface area contributed by atoms with E-state index in [1.165, 1.54) is 22.3 Å². The third-order valence-electron chi connectivity index (χ3n) is 3.57. The molecule has 0 saturated carbocycles. The summed E-state index contributed by atoms with van der Waals surface area (Å²) in [6.45, 7) is 0. The number of rotatable bonds is 3. The first kappa shape index (κ1) is 14.8. The number of halogens is 1. The van der Waals surface area contributed by atoms with Gasteiger partial charge in [0.05, 0.1) is 5.56 Å². The fourth-order valence-electron chi connectivity index (χ4n) is 2.51. The molecule has 0 fully saturated rings. The second-order valence-electron chi connectivity index (χ2n) is 5.05. The van der Waals surface area contributed by atoms with Crippen LogP contribution in [0.1, 0.15) is 28.0 Å². The van der Waals surface area contributed by atoms with E-state index in [4.69, 9.17) is 11.6 Å². The summed E-state index contributed by atoms with van der Waals surface area (Å²) in [5.41, 5.74) is 2.64. The molecule has 3 rings (SSSR count). The van der Waals surface area contributed by atoms with Crippen LogP contribution in [0.2, 0.25) is 5.02 Å². The maximum Gasteiger partial charge on any atom is 0.249 e. The molecule has 1 aliphatic carbocycles. The number of nitriles is 1. The summed E-state index contributed by atoms with van der Waals surface area (Å²) in [6, 6.07) is 9.45. The molecule has 22 heavy (non-hydrogen) atoms. The molecule has 2 aromatic rings. The fraction of sp³-hybridized carbons (Fsp3) is 0.176. The van der Waals surface area contributed by atoms with Crippen LogP contribution in [0.5, 0.6) is 0 Å². The van der Waals surface area contributed by atoms with Crippen molar-refractivity contribution in [2.45, 2.75) is 19.3 Å². The monoisotopic (exact) mass is 328 g/mol. The Kier molecular flexibility index (Phi) is 4.28. The van der Waals surface area contributed by atoms with Crippen LogP contribution in [-0.4, -0.2) is 5.91 Å². The molecular weight excluding hydrogens is 316 g/mol. The molecule has 1 heterocycles. The van der Waals surface area contributed by atoms with Gasteiger partial charge >= 0.3 is 0 Å². The molecule has 1 amide bonds. The fourth-order valence-corrected chi connectivity index (χ4v) is 3.88. The van der Waals surface area contributed by atoms with Crippen LogP contribution in [-0.2, 0) is 17.6 Å². The van der Waals surface area contributed by atoms with E-state index in [9.17, 15) is 10.1 Å². The Balaban J connectivity index is 1.72. The van der Waals surface area contributed by atoms with Crippen molar-refractivity contribution in [1.29, 1.82) is 5.26 Å². The number of aryl methyl sites for hydroxylation is 1. The van der Waals surface area contributed by atoms with Crippen LogP contribution >= 0.6 is 22.9 Å². The number of carbonyl (C=O) groups is 1. The van der Waals surface area contributed by atoms with Crippen molar-refractivity contribution in [2.24, 2.45) is 0 Å². The Morgan fingerprint density at radius 3 is 2.82 bits per heavy atom. The number of nitrogens with one attached hydrogen (secondary N) is 1. The number of amides is 1. The topological polar surface area (TPSA) is 52.9 Å². The Hall–Kier alpha value is -2.09. The highest BCUT2D eigenvalue weighted by Gasteiger charge is 2.22. The highest BCUT2D eigenvalue weighted by Crippen LogP contribution is 2.38. The molecule has 0 atom stereocenters. The second-order valence-corrected chi connectivity index (χ2v) is 6.59. The molecule has 0 spiro atoms. The molecule has 1 aliphatic rings. The first-order valence-electron chi connectivity index (χ1n) is 6.96. The summed E-state index contributed by atoms with van der Waals surface area (Å²) >= 11 is 7.34. The third-order valence-corrected chi connectivity index (χ3v) is 5.03. The van der Waals surface area contributed by atoms with Gasteiger partial charge in [0.25, 0.3) is 0 Å². The number of hydrogen-bond donors (Lipinski definition) is 1. The van der Waals surface area contributed by atoms with Crippen molar-refractivity contribution in [3.8, 4) is 6.07 Å². The minimum Gasteiger partial charge on any atom is -0.313 e. The van der Waals surface area contributed by atoms with E-state index in [0.717, 1.165) is 30.4 Å². The molecule has 0 saturated heterocycles. The summed E-state index contributed by atoms with van der Waals surface area (Å²) in [7, 11) is 0. The van der Waals surface area contributed by atoms with Crippen molar-refractivity contribution >= 4 is 39.9 Å². The van der Waals surface area contributed by atoms with Crippen LogP contribution < -0.4 is 5.32 Å². The lowest BCUT2D eigenvalue weighted by molar-refractivity contribution is -0.111. The van der Waals surface area contributed by atoms with Crippen LogP contribution in [0.15, 0.2) is 30.3 Å². The Bertz CT molecular complexity index is 784. The van der Waals surface area contributed by atoms with Gasteiger partial charge in [-0.25, -0.2) is 0 Å². The van der Waals surface area contributed by atoms with Gasteiger partial charge in [-0.3, -0.25) is 4.79 Å². The van der Waals surface area contributed by atoms with Gasteiger partial charge in [0.1, 0.15) is 11.1 Å². The van der Waals surface area contributed by atoms with E-state index in [1.54, 1.807) is 18.2 Å². The zero-order chi connectivity index (χ0) is 15.5. The summed E-state index contributed by atoms with van der Waals surface area (Å²) < 4.78 is 0. The first-order chi connectivity index (χ1) is 10.7. The largest absolute Gasteiger partial charge is 0.313 e. The third kappa shape index (κ3) is 3.06. The van der Waals surface area contributed by atoms with Crippen molar-refractivity contribution in [1.82, 2.24) is 0 Å². The number of hydrogen-bond acceptors (Lipinski definition) is 3. The summed E-state index contributed by atoms with van der Waals surface area (Å²) in [4.78, 5) is 13.3. The quantitative estimate of drug-likeness (QED) is 0.848. The number of nitrogens with zero attached hydrogens (tertiary/aromatic N) is 1. The predicted molar refractivity (Wildman–Crippen MR) is 90.2 cm³/mol. The van der Waals surface area contributed by atoms with Gasteiger partial charge in [-0.15, -0.1) is 11.3 Å². The molecule has 5 heteroatoms. The van der Waals surface area contributed by atoms with E-state index in [2.05, 4.69) is 11.4 Å². The predicted octanol–water partition coefficient (Wildman–Crippen LogP) is 4.41. The molecular formula is C17H13ClN2OS. The van der Waals surface area contributed by atoms with Crippen molar-refractivity contribution < 1.29 is 4.79 Å². The zero-order valence-corrected chi connectivity index (χ0v) is 13.3. The Labute approximate surface area is 137 Å². The summed E-state index contributed by atoms with van der Waals surface area (Å²) in [6.07, 6.45) is 6.23. The first-order valence-corrected chi connectivity index (χ1v) is 8.16. The maximum atomic E-state index is 12.0. The number of fused-ring (bicyclic) bond motifs is 1. The Morgan fingerprint density at radius 2 is 2.09 bits per heavy atom. The van der Waals surface area contributed by atoms with Crippen molar-refractivity contribution in [2.75, 3.05) is 5.32 Å². The minimum atomic E-state index is -0.230. The lowest BCUT2D eigenvalue weighted by atomic mass is 10.1. The minimum absolute atomic E-state index is 0.230. The van der Waals surface area contributed by atoms with Gasteiger partial charge in [-0.05, 0) is 48.6 Å². The van der Waals surface area contributed by atoms with Crippen molar-refractivity contribution in [3.63, 3.8) is 0 Å². The van der Waals surface area contributed by atoms with Gasteiger partial charge in [0, 0.05) is 16.0 Å². The molecule has 1 aromatic heterocycles. The summed E-state index contributed by atoms with van der Waals surface area (Å²) in [5, 5.41) is 13.4. The van der Waals surface area contributed by atoms with E-state index >= 15 is 0 Å². The van der Waals surface area contributed by atoms with E-state index in [0.29, 0.717) is 15.6 Å². The standard InChI is InChI=1S/C17H13ClN2OS/c18-12-7-4-11(5-8-12)6-9-16(21)20-17-14(10-19)13-2-1-3-15(13)22-17/h4-9H,1-3H2,(H,20,21). The van der Waals surface area contributed by atoms with Gasteiger partial charge in [-0.2, -0.15) is 5.26 Å². The molecule has 1 N–H and O–H groups in total. The van der Waals surface area contributed by atoms with E-state index in [1.807, 2.05) is 12.1 Å². The maximum absolute atomic E-state index is 12.0. The van der Waals surface area contributed by atoms with Crippen LogP contribution in [0, 0.1) is 11.3 Å². The molecule has 0 unspecified atom stereocenters. The van der Waals surface area contributed by atoms with Crippen LogP contribution in [0.25, 0.3) is 6.08 Å². The second kappa shape index (κ2) is 6.35. The molecule has 0 radical (unpaired) electrons. The SMILES string of the molecule is N#Cc1c(NC(=O)C=Cc2ccc(Cl)cc2)sc2c1CCC2. The number of benzene rings is 1. The highest BCUT2D eigenvalue weighted by atomic mass is 35.5.